The Morgan fingerprint density at radius 2 is 1.94 bits per heavy atom. The van der Waals surface area contributed by atoms with Crippen molar-refractivity contribution in [2.45, 2.75) is 31.9 Å². The third kappa shape index (κ3) is 4.59. The van der Waals surface area contributed by atoms with E-state index in [2.05, 4.69) is 10.1 Å². The molecule has 16 heavy (non-hydrogen) atoms. The third-order valence-corrected chi connectivity index (χ3v) is 2.16. The summed E-state index contributed by atoms with van der Waals surface area (Å²) in [7, 11) is 2.75. The van der Waals surface area contributed by atoms with Crippen molar-refractivity contribution in [3.05, 3.63) is 0 Å². The van der Waals surface area contributed by atoms with Gasteiger partial charge in [-0.25, -0.2) is 4.79 Å². The molecule has 0 aliphatic carbocycles. The number of methoxy groups -OCH3 is 2. The Labute approximate surface area is 95.5 Å². The van der Waals surface area contributed by atoms with Crippen molar-refractivity contribution in [1.82, 2.24) is 5.32 Å². The van der Waals surface area contributed by atoms with Crippen LogP contribution in [0.4, 0.5) is 0 Å². The molecule has 1 unspecified atom stereocenters. The van der Waals surface area contributed by atoms with Crippen LogP contribution in [0.15, 0.2) is 0 Å². The molecule has 1 amide bonds. The lowest BCUT2D eigenvalue weighted by molar-refractivity contribution is -0.149. The summed E-state index contributed by atoms with van der Waals surface area (Å²) in [5.41, 5.74) is 4.34. The van der Waals surface area contributed by atoms with E-state index in [1.165, 1.54) is 14.2 Å². The molecule has 0 heterocycles. The van der Waals surface area contributed by atoms with Crippen LogP contribution in [0.5, 0.6) is 0 Å². The number of hydrogen-bond acceptors (Lipinski definition) is 5. The fourth-order valence-electron chi connectivity index (χ4n) is 1.18. The first-order chi connectivity index (χ1) is 7.37. The van der Waals surface area contributed by atoms with Gasteiger partial charge in [-0.1, -0.05) is 0 Å². The molecule has 0 aromatic rings. The number of rotatable bonds is 6. The van der Waals surface area contributed by atoms with Gasteiger partial charge in [0.15, 0.2) is 0 Å². The number of carbonyl (C=O) groups is 2. The monoisotopic (exact) mass is 232 g/mol. The number of esters is 1. The van der Waals surface area contributed by atoms with Crippen molar-refractivity contribution >= 4 is 11.9 Å². The second-order valence-corrected chi connectivity index (χ2v) is 3.96. The highest BCUT2D eigenvalue weighted by Crippen LogP contribution is 2.06. The maximum Gasteiger partial charge on any atom is 0.330 e. The third-order valence-electron chi connectivity index (χ3n) is 2.16. The molecule has 0 rings (SSSR count). The molecule has 0 fully saturated rings. The van der Waals surface area contributed by atoms with Crippen molar-refractivity contribution in [3.8, 4) is 0 Å². The van der Waals surface area contributed by atoms with E-state index in [9.17, 15) is 9.59 Å². The molecule has 6 heteroatoms. The second-order valence-electron chi connectivity index (χ2n) is 3.96. The molecule has 3 N–H and O–H groups in total. The fourth-order valence-corrected chi connectivity index (χ4v) is 1.18. The number of carbonyl (C=O) groups excluding carboxylic acids is 2. The van der Waals surface area contributed by atoms with E-state index in [0.717, 1.165) is 0 Å². The predicted octanol–water partition coefficient (Wildman–Crippen LogP) is -0.582. The zero-order valence-electron chi connectivity index (χ0n) is 10.2. The molecule has 0 spiro atoms. The van der Waals surface area contributed by atoms with Crippen LogP contribution in [0.1, 0.15) is 20.3 Å². The van der Waals surface area contributed by atoms with Gasteiger partial charge in [-0.15, -0.1) is 0 Å². The van der Waals surface area contributed by atoms with Crippen molar-refractivity contribution in [2.75, 3.05) is 20.8 Å². The van der Waals surface area contributed by atoms with Gasteiger partial charge in [0.05, 0.1) is 19.6 Å². The lowest BCUT2D eigenvalue weighted by Crippen LogP contribution is -2.51. The van der Waals surface area contributed by atoms with Gasteiger partial charge < -0.3 is 20.5 Å². The minimum atomic E-state index is -1.04. The van der Waals surface area contributed by atoms with Gasteiger partial charge in [0.25, 0.3) is 0 Å². The summed E-state index contributed by atoms with van der Waals surface area (Å²) >= 11 is 0. The Morgan fingerprint density at radius 1 is 1.38 bits per heavy atom. The molecule has 0 aliphatic heterocycles. The number of nitrogens with one attached hydrogen (secondary N) is 1. The van der Waals surface area contributed by atoms with Crippen LogP contribution in [-0.2, 0) is 19.1 Å². The molecular weight excluding hydrogens is 212 g/mol. The van der Waals surface area contributed by atoms with Crippen molar-refractivity contribution < 1.29 is 19.1 Å². The first kappa shape index (κ1) is 14.9. The topological polar surface area (TPSA) is 90.7 Å². The summed E-state index contributed by atoms with van der Waals surface area (Å²) in [4.78, 5) is 22.9. The van der Waals surface area contributed by atoms with Crippen LogP contribution in [0.2, 0.25) is 0 Å². The van der Waals surface area contributed by atoms with Gasteiger partial charge in [0, 0.05) is 13.7 Å². The first-order valence-corrected chi connectivity index (χ1v) is 4.99. The molecule has 0 bridgehead atoms. The lowest BCUT2D eigenvalue weighted by atomic mass is 10.1. The van der Waals surface area contributed by atoms with E-state index in [1.54, 1.807) is 13.8 Å². The van der Waals surface area contributed by atoms with Gasteiger partial charge in [-0.2, -0.15) is 0 Å². The molecule has 0 saturated carbocycles. The van der Waals surface area contributed by atoms with Crippen LogP contribution < -0.4 is 11.1 Å². The van der Waals surface area contributed by atoms with Crippen LogP contribution in [-0.4, -0.2) is 44.3 Å². The van der Waals surface area contributed by atoms with Crippen LogP contribution in [0.3, 0.4) is 0 Å². The smallest absolute Gasteiger partial charge is 0.330 e. The fraction of sp³-hybridized carbons (Fsp3) is 0.800. The van der Waals surface area contributed by atoms with Gasteiger partial charge in [-0.05, 0) is 13.8 Å². The van der Waals surface area contributed by atoms with Crippen molar-refractivity contribution in [3.63, 3.8) is 0 Å². The Hall–Kier alpha value is -1.14. The highest BCUT2D eigenvalue weighted by Gasteiger charge is 2.30. The second kappa shape index (κ2) is 6.44. The summed E-state index contributed by atoms with van der Waals surface area (Å²) < 4.78 is 9.53. The van der Waals surface area contributed by atoms with E-state index in [1.807, 2.05) is 0 Å². The largest absolute Gasteiger partial charge is 0.467 e. The average Bonchev–Trinajstić information content (AvgIpc) is 2.23. The van der Waals surface area contributed by atoms with E-state index < -0.39 is 11.5 Å². The number of hydrogen-bond donors (Lipinski definition) is 2. The molecule has 0 saturated heterocycles. The van der Waals surface area contributed by atoms with E-state index in [0.29, 0.717) is 0 Å². The first-order valence-electron chi connectivity index (χ1n) is 4.99. The number of nitrogens with two attached hydrogens (primary N) is 1. The van der Waals surface area contributed by atoms with Gasteiger partial charge in [0.2, 0.25) is 5.91 Å². The maximum absolute atomic E-state index is 11.6. The van der Waals surface area contributed by atoms with Gasteiger partial charge >= 0.3 is 5.97 Å². The number of ether oxygens (including phenoxy) is 2. The molecule has 0 aromatic heterocycles. The average molecular weight is 232 g/mol. The highest BCUT2D eigenvalue weighted by atomic mass is 16.5. The molecule has 6 nitrogen and oxygen atoms in total. The summed E-state index contributed by atoms with van der Waals surface area (Å²) in [6, 6.07) is 0. The van der Waals surface area contributed by atoms with E-state index in [4.69, 9.17) is 10.5 Å². The molecule has 0 aromatic carbocycles. The van der Waals surface area contributed by atoms with Crippen LogP contribution in [0.25, 0.3) is 0 Å². The van der Waals surface area contributed by atoms with E-state index >= 15 is 0 Å². The van der Waals surface area contributed by atoms with Crippen molar-refractivity contribution in [2.24, 2.45) is 5.73 Å². The molecule has 94 valence electrons. The Balaban J connectivity index is 4.28. The predicted molar refractivity (Wildman–Crippen MR) is 58.7 cm³/mol. The lowest BCUT2D eigenvalue weighted by Gasteiger charge is -2.24. The molecule has 0 radical (unpaired) electrons. The van der Waals surface area contributed by atoms with Crippen molar-refractivity contribution in [1.29, 1.82) is 0 Å². The highest BCUT2D eigenvalue weighted by molar-refractivity contribution is 5.87. The minimum absolute atomic E-state index is 0.118. The molecule has 0 aliphatic rings. The number of amides is 1. The minimum Gasteiger partial charge on any atom is -0.467 e. The zero-order valence-corrected chi connectivity index (χ0v) is 10.2. The van der Waals surface area contributed by atoms with E-state index in [-0.39, 0.29) is 25.0 Å². The van der Waals surface area contributed by atoms with Crippen LogP contribution in [0, 0.1) is 0 Å². The summed E-state index contributed by atoms with van der Waals surface area (Å²) in [6.07, 6.45) is -0.221. The standard InChI is InChI=1S/C10H20N2O4/c1-10(2,9(14)16-4)12-8(13)5-7(6-11)15-3/h7H,5-6,11H2,1-4H3,(H,12,13). The quantitative estimate of drug-likeness (QED) is 0.598. The Kier molecular flexibility index (Phi) is 5.98. The summed E-state index contributed by atoms with van der Waals surface area (Å²) in [5, 5.41) is 2.56. The molecule has 1 atom stereocenters. The maximum atomic E-state index is 11.6. The normalized spacial score (nSPS) is 13.1. The zero-order chi connectivity index (χ0) is 12.8. The van der Waals surface area contributed by atoms with Gasteiger partial charge in [0.1, 0.15) is 5.54 Å². The van der Waals surface area contributed by atoms with Gasteiger partial charge in [-0.3, -0.25) is 4.79 Å². The summed E-state index contributed by atoms with van der Waals surface area (Å²) in [5.74, 6) is -0.796. The Morgan fingerprint density at radius 3 is 2.31 bits per heavy atom. The Bertz CT molecular complexity index is 249. The van der Waals surface area contributed by atoms with Crippen LogP contribution >= 0.6 is 0 Å². The summed E-state index contributed by atoms with van der Waals surface area (Å²) in [6.45, 7) is 3.39. The SMILES string of the molecule is COC(=O)C(C)(C)NC(=O)CC(CN)OC. The molecular formula is C10H20N2O4.